The fourth-order valence-corrected chi connectivity index (χ4v) is 3.26. The Morgan fingerprint density at radius 2 is 2.14 bits per heavy atom. The lowest BCUT2D eigenvalue weighted by atomic mass is 9.85. The lowest BCUT2D eigenvalue weighted by Gasteiger charge is -2.28. The summed E-state index contributed by atoms with van der Waals surface area (Å²) in [6.07, 6.45) is -4.84. The third kappa shape index (κ3) is 2.38. The van der Waals surface area contributed by atoms with Crippen molar-refractivity contribution in [1.82, 2.24) is 10.3 Å². The molecule has 1 amide bonds. The van der Waals surface area contributed by atoms with Gasteiger partial charge in [0.1, 0.15) is 0 Å². The number of halogens is 3. The van der Waals surface area contributed by atoms with Crippen LogP contribution in [0.15, 0.2) is 24.3 Å². The van der Waals surface area contributed by atoms with Crippen LogP contribution in [0, 0.1) is 5.41 Å². The third-order valence-electron chi connectivity index (χ3n) is 3.65. The molecule has 3 rings (SSSR count). The first kappa shape index (κ1) is 14.3. The van der Waals surface area contributed by atoms with Crippen LogP contribution in [0.2, 0.25) is 0 Å². The van der Waals surface area contributed by atoms with Crippen molar-refractivity contribution < 1.29 is 18.0 Å². The number of anilines is 1. The number of nitrogens with zero attached hydrogens (tertiary/aromatic N) is 1. The van der Waals surface area contributed by atoms with Gasteiger partial charge in [-0.15, -0.1) is 0 Å². The van der Waals surface area contributed by atoms with Crippen LogP contribution < -0.4 is 10.6 Å². The number of nitrogens with one attached hydrogen (secondary N) is 2. The van der Waals surface area contributed by atoms with Gasteiger partial charge in [0.25, 0.3) is 0 Å². The predicted molar refractivity (Wildman–Crippen MR) is 74.2 cm³/mol. The number of benzene rings is 1. The average Bonchev–Trinajstić information content (AvgIpc) is 3.04. The number of aromatic nitrogens is 1. The van der Waals surface area contributed by atoms with E-state index in [1.807, 2.05) is 6.07 Å². The third-order valence-corrected chi connectivity index (χ3v) is 4.60. The molecule has 1 aliphatic rings. The molecule has 1 aromatic heterocycles. The highest BCUT2D eigenvalue weighted by Gasteiger charge is 2.61. The molecule has 2 aromatic rings. The molecule has 1 aromatic carbocycles. The van der Waals surface area contributed by atoms with E-state index in [0.29, 0.717) is 5.52 Å². The summed E-state index contributed by atoms with van der Waals surface area (Å²) in [5.41, 5.74) is -1.71. The highest BCUT2D eigenvalue weighted by molar-refractivity contribution is 7.22. The second-order valence-corrected chi connectivity index (χ2v) is 5.98. The van der Waals surface area contributed by atoms with Crippen LogP contribution in [-0.2, 0) is 4.79 Å². The van der Waals surface area contributed by atoms with Gasteiger partial charge in [0.15, 0.2) is 10.5 Å². The molecule has 1 fully saturated rings. The van der Waals surface area contributed by atoms with Crippen LogP contribution in [0.4, 0.5) is 18.3 Å². The van der Waals surface area contributed by atoms with Crippen molar-refractivity contribution in [3.8, 4) is 0 Å². The second-order valence-electron chi connectivity index (χ2n) is 4.95. The predicted octanol–water partition coefficient (Wildman–Crippen LogP) is 2.78. The number of fused-ring (bicyclic) bond motifs is 1. The summed E-state index contributed by atoms with van der Waals surface area (Å²) in [4.78, 5) is 16.3. The van der Waals surface area contributed by atoms with Gasteiger partial charge >= 0.3 is 6.18 Å². The standard InChI is InChI=1S/C13H12F3N3OS/c14-13(15,16)12(5-6-17-7-12)10(20)19-11-18-8-3-1-2-4-9(8)21-11/h1-4,17H,5-7H2,(H,18,19,20). The van der Waals surface area contributed by atoms with Crippen LogP contribution in [0.1, 0.15) is 6.42 Å². The van der Waals surface area contributed by atoms with Crippen LogP contribution in [0.5, 0.6) is 0 Å². The van der Waals surface area contributed by atoms with E-state index in [9.17, 15) is 18.0 Å². The molecule has 112 valence electrons. The Hall–Kier alpha value is -1.67. The monoisotopic (exact) mass is 315 g/mol. The first-order valence-corrected chi connectivity index (χ1v) is 7.18. The van der Waals surface area contributed by atoms with E-state index in [2.05, 4.69) is 15.6 Å². The summed E-state index contributed by atoms with van der Waals surface area (Å²) >= 11 is 1.16. The Bertz CT molecular complexity index is 644. The summed E-state index contributed by atoms with van der Waals surface area (Å²) in [5.74, 6) is -1.04. The number of hydrogen-bond donors (Lipinski definition) is 2. The molecule has 1 unspecified atom stereocenters. The fraction of sp³-hybridized carbons (Fsp3) is 0.385. The lowest BCUT2D eigenvalue weighted by Crippen LogP contribution is -2.49. The normalized spacial score (nSPS) is 22.6. The van der Waals surface area contributed by atoms with E-state index in [-0.39, 0.29) is 18.1 Å². The van der Waals surface area contributed by atoms with Gasteiger partial charge in [0.2, 0.25) is 5.91 Å². The minimum atomic E-state index is -4.59. The number of carbonyl (C=O) groups is 1. The molecule has 0 bridgehead atoms. The largest absolute Gasteiger partial charge is 0.404 e. The minimum absolute atomic E-state index is 0.173. The topological polar surface area (TPSA) is 54.0 Å². The molecule has 0 aliphatic carbocycles. The Morgan fingerprint density at radius 3 is 2.76 bits per heavy atom. The number of thiazole rings is 1. The van der Waals surface area contributed by atoms with Gasteiger partial charge in [-0.2, -0.15) is 13.2 Å². The average molecular weight is 315 g/mol. The van der Waals surface area contributed by atoms with Gasteiger partial charge in [-0.3, -0.25) is 4.79 Å². The molecular weight excluding hydrogens is 303 g/mol. The zero-order valence-electron chi connectivity index (χ0n) is 10.8. The molecule has 0 radical (unpaired) electrons. The van der Waals surface area contributed by atoms with Gasteiger partial charge in [0, 0.05) is 6.54 Å². The summed E-state index contributed by atoms with van der Waals surface area (Å²) < 4.78 is 40.6. The van der Waals surface area contributed by atoms with Gasteiger partial charge < -0.3 is 10.6 Å². The number of hydrogen-bond acceptors (Lipinski definition) is 4. The maximum atomic E-state index is 13.3. The van der Waals surface area contributed by atoms with Crippen molar-refractivity contribution in [3.63, 3.8) is 0 Å². The highest BCUT2D eigenvalue weighted by atomic mass is 32.1. The first-order chi connectivity index (χ1) is 9.92. The summed E-state index contributed by atoms with van der Waals surface area (Å²) in [6.45, 7) is -0.222. The maximum absolute atomic E-state index is 13.3. The van der Waals surface area contributed by atoms with Crippen LogP contribution in [0.3, 0.4) is 0 Å². The van der Waals surface area contributed by atoms with E-state index < -0.39 is 24.0 Å². The Morgan fingerprint density at radius 1 is 1.38 bits per heavy atom. The molecule has 4 nitrogen and oxygen atoms in total. The molecular formula is C13H12F3N3OS. The second kappa shape index (κ2) is 4.96. The molecule has 2 N–H and O–H groups in total. The van der Waals surface area contributed by atoms with Crippen molar-refractivity contribution in [3.05, 3.63) is 24.3 Å². The van der Waals surface area contributed by atoms with E-state index in [1.165, 1.54) is 0 Å². The molecule has 1 aliphatic heterocycles. The van der Waals surface area contributed by atoms with Crippen molar-refractivity contribution in [2.24, 2.45) is 5.41 Å². The molecule has 1 atom stereocenters. The zero-order chi connectivity index (χ0) is 15.1. The Kier molecular flexibility index (Phi) is 3.37. The van der Waals surface area contributed by atoms with Crippen molar-refractivity contribution >= 4 is 32.6 Å². The maximum Gasteiger partial charge on any atom is 0.404 e. The van der Waals surface area contributed by atoms with Gasteiger partial charge in [-0.25, -0.2) is 4.98 Å². The molecule has 0 spiro atoms. The number of rotatable bonds is 2. The molecule has 0 saturated carbocycles. The summed E-state index contributed by atoms with van der Waals surface area (Å²) in [6, 6.07) is 7.15. The minimum Gasteiger partial charge on any atom is -0.315 e. The van der Waals surface area contributed by atoms with Crippen molar-refractivity contribution in [1.29, 1.82) is 0 Å². The number of amides is 1. The molecule has 21 heavy (non-hydrogen) atoms. The highest BCUT2D eigenvalue weighted by Crippen LogP contribution is 2.44. The Labute approximate surface area is 122 Å². The molecule has 2 heterocycles. The summed E-state index contributed by atoms with van der Waals surface area (Å²) in [7, 11) is 0. The SMILES string of the molecule is O=C(Nc1nc2ccccc2s1)C1(C(F)(F)F)CCNC1. The van der Waals surface area contributed by atoms with Gasteiger partial charge in [0.05, 0.1) is 10.2 Å². The van der Waals surface area contributed by atoms with Crippen LogP contribution in [0.25, 0.3) is 10.2 Å². The fourth-order valence-electron chi connectivity index (χ4n) is 2.40. The van der Waals surface area contributed by atoms with Crippen LogP contribution >= 0.6 is 11.3 Å². The van der Waals surface area contributed by atoms with Gasteiger partial charge in [-0.05, 0) is 25.1 Å². The van der Waals surface area contributed by atoms with Crippen molar-refractivity contribution in [2.45, 2.75) is 12.6 Å². The van der Waals surface area contributed by atoms with E-state index in [1.54, 1.807) is 18.2 Å². The smallest absolute Gasteiger partial charge is 0.315 e. The number of para-hydroxylation sites is 1. The molecule has 8 heteroatoms. The zero-order valence-corrected chi connectivity index (χ0v) is 11.6. The van der Waals surface area contributed by atoms with Crippen molar-refractivity contribution in [2.75, 3.05) is 18.4 Å². The lowest BCUT2D eigenvalue weighted by molar-refractivity contribution is -0.213. The number of carbonyl (C=O) groups excluding carboxylic acids is 1. The van der Waals surface area contributed by atoms with Crippen LogP contribution in [-0.4, -0.2) is 30.2 Å². The number of alkyl halides is 3. The van der Waals surface area contributed by atoms with E-state index in [4.69, 9.17) is 0 Å². The van der Waals surface area contributed by atoms with Gasteiger partial charge in [-0.1, -0.05) is 23.5 Å². The quantitative estimate of drug-likeness (QED) is 0.896. The first-order valence-electron chi connectivity index (χ1n) is 6.37. The van der Waals surface area contributed by atoms with E-state index >= 15 is 0 Å². The Balaban J connectivity index is 1.88. The van der Waals surface area contributed by atoms with E-state index in [0.717, 1.165) is 16.0 Å². The summed E-state index contributed by atoms with van der Waals surface area (Å²) in [5, 5.41) is 5.14. The molecule has 1 saturated heterocycles.